The van der Waals surface area contributed by atoms with Crippen molar-refractivity contribution in [2.45, 2.75) is 69.7 Å². The Bertz CT molecular complexity index is 1480. The molecule has 9 heteroatoms. The molecule has 2 aliphatic carbocycles. The molecule has 2 heterocycles. The third kappa shape index (κ3) is 4.56. The van der Waals surface area contributed by atoms with E-state index < -0.39 is 23.0 Å². The monoisotopic (exact) mass is 522 g/mol. The maximum absolute atomic E-state index is 14.1. The summed E-state index contributed by atoms with van der Waals surface area (Å²) in [6.07, 6.45) is 4.37. The van der Waals surface area contributed by atoms with Gasteiger partial charge in [-0.2, -0.15) is 0 Å². The Labute approximate surface area is 216 Å². The molecule has 192 valence electrons. The number of hydrogen-bond acceptors (Lipinski definition) is 7. The lowest BCUT2D eigenvalue weighted by Gasteiger charge is -2.34. The summed E-state index contributed by atoms with van der Waals surface area (Å²) in [5.41, 5.74) is 2.86. The molecule has 37 heavy (non-hydrogen) atoms. The molecule has 0 saturated heterocycles. The van der Waals surface area contributed by atoms with E-state index in [1.807, 2.05) is 12.1 Å². The van der Waals surface area contributed by atoms with Crippen LogP contribution in [-0.2, 0) is 16.9 Å². The Balaban J connectivity index is 1.16. The van der Waals surface area contributed by atoms with Gasteiger partial charge in [0, 0.05) is 23.1 Å². The van der Waals surface area contributed by atoms with Gasteiger partial charge in [0.15, 0.2) is 0 Å². The zero-order chi connectivity index (χ0) is 25.7. The van der Waals surface area contributed by atoms with Crippen molar-refractivity contribution >= 4 is 27.5 Å². The van der Waals surface area contributed by atoms with Crippen molar-refractivity contribution in [3.05, 3.63) is 69.7 Å². The lowest BCUT2D eigenvalue weighted by molar-refractivity contribution is -0.0640. The Morgan fingerprint density at radius 2 is 1.97 bits per heavy atom. The largest absolute Gasteiger partial charge is 0.478 e. The van der Waals surface area contributed by atoms with Gasteiger partial charge in [-0.3, -0.25) is 0 Å². The minimum atomic E-state index is -1.33. The number of thiazole rings is 1. The Hall–Kier alpha value is -3.14. The molecule has 0 radical (unpaired) electrons. The van der Waals surface area contributed by atoms with Crippen LogP contribution < -0.4 is 0 Å². The quantitative estimate of drug-likeness (QED) is 0.292. The van der Waals surface area contributed by atoms with Crippen LogP contribution in [0.5, 0.6) is 0 Å². The number of nitrogens with zero attached hydrogens (tertiary/aromatic N) is 2. The van der Waals surface area contributed by atoms with Crippen molar-refractivity contribution in [3.63, 3.8) is 0 Å². The average molecular weight is 523 g/mol. The standard InChI is InChI=1S/C28H27FN2O5S/c1-15-4-2-3-5-18(15)24-20(25(36-31-24)16-6-7-16)14-35-17-8-10-28(34,11-9-17)27-30-22-13-21(29)19(26(32)33)12-23(22)37-27/h2-5,12-13,16-17,34H,6-11,14H2,1H3,(H,32,33)/t17-,28+. The van der Waals surface area contributed by atoms with Gasteiger partial charge in [-0.25, -0.2) is 14.2 Å². The van der Waals surface area contributed by atoms with E-state index >= 15 is 0 Å². The number of aromatic nitrogens is 2. The normalized spacial score (nSPS) is 22.0. The Kier molecular flexibility index (Phi) is 6.09. The van der Waals surface area contributed by atoms with Gasteiger partial charge in [0.25, 0.3) is 0 Å². The number of halogens is 1. The van der Waals surface area contributed by atoms with Crippen LogP contribution in [0, 0.1) is 12.7 Å². The van der Waals surface area contributed by atoms with Gasteiger partial charge in [-0.05, 0) is 57.1 Å². The van der Waals surface area contributed by atoms with Crippen molar-refractivity contribution in [2.24, 2.45) is 0 Å². The van der Waals surface area contributed by atoms with Gasteiger partial charge in [0.2, 0.25) is 0 Å². The van der Waals surface area contributed by atoms with Crippen molar-refractivity contribution in [1.29, 1.82) is 0 Å². The predicted molar refractivity (Wildman–Crippen MR) is 136 cm³/mol. The molecule has 2 N–H and O–H groups in total. The summed E-state index contributed by atoms with van der Waals surface area (Å²) in [5.74, 6) is -0.821. The molecule has 0 aliphatic heterocycles. The molecule has 0 amide bonds. The van der Waals surface area contributed by atoms with Crippen molar-refractivity contribution in [2.75, 3.05) is 0 Å². The average Bonchev–Trinajstić information content (AvgIpc) is 3.50. The number of ether oxygens (including phenoxy) is 1. The summed E-state index contributed by atoms with van der Waals surface area (Å²) in [6, 6.07) is 10.5. The van der Waals surface area contributed by atoms with E-state index in [0.717, 1.165) is 47.1 Å². The summed E-state index contributed by atoms with van der Waals surface area (Å²) in [4.78, 5) is 15.7. The molecule has 2 aromatic heterocycles. The number of carboxylic acid groups (broad SMARTS) is 1. The summed E-state index contributed by atoms with van der Waals surface area (Å²) in [7, 11) is 0. The molecule has 4 aromatic rings. The van der Waals surface area contributed by atoms with Crippen LogP contribution in [-0.4, -0.2) is 32.4 Å². The molecule has 0 spiro atoms. The highest BCUT2D eigenvalue weighted by Gasteiger charge is 2.39. The first-order valence-electron chi connectivity index (χ1n) is 12.5. The topological polar surface area (TPSA) is 106 Å². The van der Waals surface area contributed by atoms with Crippen LogP contribution in [0.1, 0.15) is 76.7 Å². The number of hydrogen-bond donors (Lipinski definition) is 2. The smallest absolute Gasteiger partial charge is 0.338 e. The Morgan fingerprint density at radius 1 is 1.22 bits per heavy atom. The minimum Gasteiger partial charge on any atom is -0.478 e. The molecule has 2 aromatic carbocycles. The van der Waals surface area contributed by atoms with Crippen LogP contribution in [0.25, 0.3) is 21.5 Å². The van der Waals surface area contributed by atoms with Crippen LogP contribution in [0.15, 0.2) is 40.9 Å². The van der Waals surface area contributed by atoms with Crippen LogP contribution in [0.4, 0.5) is 4.39 Å². The molecular formula is C28H27FN2O5S. The fraction of sp³-hybridized carbons (Fsp3) is 0.393. The molecule has 2 fully saturated rings. The van der Waals surface area contributed by atoms with Crippen LogP contribution in [0.2, 0.25) is 0 Å². The number of aromatic carboxylic acids is 1. The number of aryl methyl sites for hydroxylation is 1. The fourth-order valence-electron chi connectivity index (χ4n) is 5.14. The van der Waals surface area contributed by atoms with Crippen LogP contribution in [0.3, 0.4) is 0 Å². The van der Waals surface area contributed by atoms with Crippen molar-refractivity contribution in [3.8, 4) is 11.3 Å². The molecular weight excluding hydrogens is 495 g/mol. The highest BCUT2D eigenvalue weighted by atomic mass is 32.1. The first-order chi connectivity index (χ1) is 17.8. The SMILES string of the molecule is Cc1ccccc1-c1noc(C2CC2)c1CO[C@H]1CC[C@](O)(c2nc3cc(F)c(C(=O)O)cc3s2)CC1. The van der Waals surface area contributed by atoms with E-state index in [2.05, 4.69) is 29.2 Å². The molecule has 6 rings (SSSR count). The number of fused-ring (bicyclic) bond motifs is 1. The lowest BCUT2D eigenvalue weighted by Crippen LogP contribution is -2.34. The van der Waals surface area contributed by atoms with Gasteiger partial charge in [-0.1, -0.05) is 29.4 Å². The maximum Gasteiger partial charge on any atom is 0.338 e. The highest BCUT2D eigenvalue weighted by Crippen LogP contribution is 2.45. The molecule has 0 unspecified atom stereocenters. The lowest BCUT2D eigenvalue weighted by atomic mass is 9.83. The maximum atomic E-state index is 14.1. The van der Waals surface area contributed by atoms with E-state index in [4.69, 9.17) is 9.26 Å². The van der Waals surface area contributed by atoms with E-state index in [-0.39, 0.29) is 6.10 Å². The van der Waals surface area contributed by atoms with Crippen molar-refractivity contribution < 1.29 is 28.7 Å². The number of rotatable bonds is 7. The van der Waals surface area contributed by atoms with Gasteiger partial charge in [0.05, 0.1) is 28.5 Å². The molecule has 2 saturated carbocycles. The van der Waals surface area contributed by atoms with E-state index in [1.165, 1.54) is 17.4 Å². The van der Waals surface area contributed by atoms with E-state index in [0.29, 0.717) is 53.4 Å². The summed E-state index contributed by atoms with van der Waals surface area (Å²) in [6.45, 7) is 2.47. The zero-order valence-electron chi connectivity index (χ0n) is 20.4. The summed E-state index contributed by atoms with van der Waals surface area (Å²) >= 11 is 1.22. The van der Waals surface area contributed by atoms with E-state index in [1.54, 1.807) is 0 Å². The number of aliphatic hydroxyl groups is 1. The fourth-order valence-corrected chi connectivity index (χ4v) is 6.27. The van der Waals surface area contributed by atoms with E-state index in [9.17, 15) is 19.4 Å². The minimum absolute atomic E-state index is 0.0302. The zero-order valence-corrected chi connectivity index (χ0v) is 21.2. The number of carboxylic acids is 1. The van der Waals surface area contributed by atoms with Gasteiger partial charge in [-0.15, -0.1) is 11.3 Å². The molecule has 7 nitrogen and oxygen atoms in total. The molecule has 0 atom stereocenters. The second-order valence-electron chi connectivity index (χ2n) is 10.1. The third-order valence-corrected chi connectivity index (χ3v) is 8.71. The van der Waals surface area contributed by atoms with Gasteiger partial charge >= 0.3 is 5.97 Å². The summed E-state index contributed by atoms with van der Waals surface area (Å²) in [5, 5.41) is 25.5. The molecule has 2 aliphatic rings. The number of benzene rings is 2. The number of carbonyl (C=O) groups is 1. The predicted octanol–water partition coefficient (Wildman–Crippen LogP) is 6.32. The summed E-state index contributed by atoms with van der Waals surface area (Å²) < 4.78 is 26.8. The second-order valence-corrected chi connectivity index (χ2v) is 11.2. The third-order valence-electron chi connectivity index (χ3n) is 7.50. The Morgan fingerprint density at radius 3 is 2.68 bits per heavy atom. The first-order valence-corrected chi connectivity index (χ1v) is 13.4. The first kappa shape index (κ1) is 24.2. The highest BCUT2D eigenvalue weighted by molar-refractivity contribution is 7.18. The molecule has 0 bridgehead atoms. The van der Waals surface area contributed by atoms with Gasteiger partial charge < -0.3 is 19.5 Å². The van der Waals surface area contributed by atoms with Crippen molar-refractivity contribution in [1.82, 2.24) is 10.1 Å². The van der Waals surface area contributed by atoms with Crippen LogP contribution >= 0.6 is 11.3 Å². The second kappa shape index (κ2) is 9.31. The van der Waals surface area contributed by atoms with Gasteiger partial charge in [0.1, 0.15) is 27.9 Å².